The lowest BCUT2D eigenvalue weighted by atomic mass is 9.97. The second kappa shape index (κ2) is 5.54. The number of carbonyl (C=O) groups is 2. The van der Waals surface area contributed by atoms with Crippen LogP contribution >= 0.6 is 15.9 Å². The number of rotatable bonds is 3. The van der Waals surface area contributed by atoms with Crippen molar-refractivity contribution in [2.75, 3.05) is 13.7 Å². The molecule has 1 fully saturated rings. The highest BCUT2D eigenvalue weighted by molar-refractivity contribution is 9.10. The highest BCUT2D eigenvalue weighted by Gasteiger charge is 2.40. The Bertz CT molecular complexity index is 557. The summed E-state index contributed by atoms with van der Waals surface area (Å²) in [5, 5.41) is 2.37. The number of nitrogens with one attached hydrogen (secondary N) is 1. The Hall–Kier alpha value is -1.40. The fraction of sp³-hybridized carbons (Fsp3) is 0.429. The summed E-state index contributed by atoms with van der Waals surface area (Å²) in [6.07, 6.45) is 0. The molecule has 0 bridgehead atoms. The van der Waals surface area contributed by atoms with E-state index < -0.39 is 5.54 Å². The molecule has 0 atom stereocenters. The van der Waals surface area contributed by atoms with Gasteiger partial charge >= 0.3 is 0 Å². The van der Waals surface area contributed by atoms with E-state index in [0.29, 0.717) is 6.54 Å². The number of imide groups is 1. The van der Waals surface area contributed by atoms with Crippen molar-refractivity contribution in [3.63, 3.8) is 0 Å². The zero-order valence-corrected chi connectivity index (χ0v) is 13.3. The molecule has 1 heterocycles. The first-order valence-electron chi connectivity index (χ1n) is 6.26. The molecule has 2 rings (SSSR count). The number of nitrogens with zero attached hydrogens (tertiary/aromatic N) is 1. The van der Waals surface area contributed by atoms with Gasteiger partial charge in [-0.25, -0.2) is 0 Å². The van der Waals surface area contributed by atoms with Crippen molar-refractivity contribution in [1.82, 2.24) is 10.2 Å². The van der Waals surface area contributed by atoms with Gasteiger partial charge in [0.15, 0.2) is 0 Å². The Labute approximate surface area is 126 Å². The Morgan fingerprint density at radius 2 is 2.10 bits per heavy atom. The lowest BCUT2D eigenvalue weighted by molar-refractivity contribution is -0.145. The van der Waals surface area contributed by atoms with Crippen LogP contribution in [0.3, 0.4) is 0 Å². The van der Waals surface area contributed by atoms with Gasteiger partial charge in [-0.2, -0.15) is 0 Å². The van der Waals surface area contributed by atoms with E-state index in [1.165, 1.54) is 0 Å². The summed E-state index contributed by atoms with van der Waals surface area (Å²) in [6, 6.07) is 5.65. The second-order valence-electron chi connectivity index (χ2n) is 5.25. The number of hydrogen-bond donors (Lipinski definition) is 1. The summed E-state index contributed by atoms with van der Waals surface area (Å²) in [4.78, 5) is 25.3. The van der Waals surface area contributed by atoms with Crippen LogP contribution in [0.2, 0.25) is 0 Å². The van der Waals surface area contributed by atoms with E-state index in [2.05, 4.69) is 21.2 Å². The minimum atomic E-state index is -0.726. The van der Waals surface area contributed by atoms with E-state index in [1.54, 1.807) is 7.11 Å². The molecule has 2 amide bonds. The molecule has 1 aromatic carbocycles. The lowest BCUT2D eigenvalue weighted by Crippen LogP contribution is -2.63. The SMILES string of the molecule is COc1ccc(Br)c(CN2CC(=O)NC(=O)C2(C)C)c1. The van der Waals surface area contributed by atoms with E-state index in [-0.39, 0.29) is 18.4 Å². The molecule has 5 nitrogen and oxygen atoms in total. The van der Waals surface area contributed by atoms with Crippen LogP contribution < -0.4 is 10.1 Å². The molecule has 0 spiro atoms. The number of benzene rings is 1. The minimum absolute atomic E-state index is 0.197. The average molecular weight is 341 g/mol. The van der Waals surface area contributed by atoms with Crippen molar-refractivity contribution in [3.8, 4) is 5.75 Å². The normalized spacial score (nSPS) is 18.8. The maximum Gasteiger partial charge on any atom is 0.246 e. The van der Waals surface area contributed by atoms with E-state index >= 15 is 0 Å². The molecule has 0 saturated carbocycles. The summed E-state index contributed by atoms with van der Waals surface area (Å²) in [6.45, 7) is 4.30. The highest BCUT2D eigenvalue weighted by atomic mass is 79.9. The van der Waals surface area contributed by atoms with Gasteiger partial charge in [-0.3, -0.25) is 19.8 Å². The van der Waals surface area contributed by atoms with E-state index in [9.17, 15) is 9.59 Å². The number of ether oxygens (including phenoxy) is 1. The van der Waals surface area contributed by atoms with Crippen LogP contribution in [0.4, 0.5) is 0 Å². The Morgan fingerprint density at radius 1 is 1.40 bits per heavy atom. The molecule has 0 aliphatic carbocycles. The van der Waals surface area contributed by atoms with Gasteiger partial charge in [-0.05, 0) is 37.6 Å². The molecule has 0 unspecified atom stereocenters. The van der Waals surface area contributed by atoms with E-state index in [4.69, 9.17) is 4.74 Å². The summed E-state index contributed by atoms with van der Waals surface area (Å²) >= 11 is 3.49. The molecule has 1 aromatic rings. The van der Waals surface area contributed by atoms with E-state index in [1.807, 2.05) is 36.9 Å². The standard InChI is InChI=1S/C14H17BrN2O3/c1-14(2)13(19)16-12(18)8-17(14)7-9-6-10(20-3)4-5-11(9)15/h4-6H,7-8H2,1-3H3,(H,16,18,19). The third kappa shape index (κ3) is 2.86. The van der Waals surface area contributed by atoms with Crippen molar-refractivity contribution in [1.29, 1.82) is 0 Å². The maximum absolute atomic E-state index is 11.9. The second-order valence-corrected chi connectivity index (χ2v) is 6.10. The topological polar surface area (TPSA) is 58.6 Å². The zero-order valence-electron chi connectivity index (χ0n) is 11.7. The van der Waals surface area contributed by atoms with Gasteiger partial charge in [0, 0.05) is 11.0 Å². The predicted molar refractivity (Wildman–Crippen MR) is 78.3 cm³/mol. The van der Waals surface area contributed by atoms with Gasteiger partial charge in [-0.1, -0.05) is 15.9 Å². The molecule has 1 aliphatic heterocycles. The third-order valence-electron chi connectivity index (χ3n) is 3.55. The largest absolute Gasteiger partial charge is 0.497 e. The molecule has 6 heteroatoms. The van der Waals surface area contributed by atoms with Gasteiger partial charge in [0.2, 0.25) is 11.8 Å². The Kier molecular flexibility index (Phi) is 4.15. The van der Waals surface area contributed by atoms with Gasteiger partial charge in [0.25, 0.3) is 0 Å². The Balaban J connectivity index is 2.28. The van der Waals surface area contributed by atoms with Crippen molar-refractivity contribution in [2.24, 2.45) is 0 Å². The first-order chi connectivity index (χ1) is 9.34. The number of hydrogen-bond acceptors (Lipinski definition) is 4. The van der Waals surface area contributed by atoms with Crippen molar-refractivity contribution >= 4 is 27.7 Å². The van der Waals surface area contributed by atoms with E-state index in [0.717, 1.165) is 15.8 Å². The van der Waals surface area contributed by atoms with Crippen LogP contribution in [0, 0.1) is 0 Å². The first kappa shape index (κ1) is 15.0. The molecule has 1 aliphatic rings. The molecule has 1 N–H and O–H groups in total. The van der Waals surface area contributed by atoms with Crippen LogP contribution in [0.1, 0.15) is 19.4 Å². The Morgan fingerprint density at radius 3 is 2.75 bits per heavy atom. The third-order valence-corrected chi connectivity index (χ3v) is 4.32. The highest BCUT2D eigenvalue weighted by Crippen LogP contribution is 2.27. The molecule has 20 heavy (non-hydrogen) atoms. The average Bonchev–Trinajstić information content (AvgIpc) is 2.38. The monoisotopic (exact) mass is 340 g/mol. The van der Waals surface area contributed by atoms with Gasteiger partial charge in [0.1, 0.15) is 5.75 Å². The van der Waals surface area contributed by atoms with Crippen LogP contribution in [0.15, 0.2) is 22.7 Å². The quantitative estimate of drug-likeness (QED) is 0.851. The number of carbonyl (C=O) groups excluding carboxylic acids is 2. The summed E-state index contributed by atoms with van der Waals surface area (Å²) < 4.78 is 6.13. The fourth-order valence-electron chi connectivity index (χ4n) is 2.09. The predicted octanol–water partition coefficient (Wildman–Crippen LogP) is 1.69. The molecular weight excluding hydrogens is 324 g/mol. The first-order valence-corrected chi connectivity index (χ1v) is 7.05. The zero-order chi connectivity index (χ0) is 14.9. The van der Waals surface area contributed by atoms with Gasteiger partial charge in [0.05, 0.1) is 19.2 Å². The number of halogens is 1. The summed E-state index contributed by atoms with van der Waals surface area (Å²) in [5.74, 6) is 0.204. The fourth-order valence-corrected chi connectivity index (χ4v) is 2.46. The van der Waals surface area contributed by atoms with Gasteiger partial charge in [-0.15, -0.1) is 0 Å². The minimum Gasteiger partial charge on any atom is -0.497 e. The van der Waals surface area contributed by atoms with Crippen molar-refractivity contribution in [3.05, 3.63) is 28.2 Å². The molecule has 1 saturated heterocycles. The number of amides is 2. The molecule has 0 radical (unpaired) electrons. The molecule has 0 aromatic heterocycles. The van der Waals surface area contributed by atoms with Crippen molar-refractivity contribution < 1.29 is 14.3 Å². The number of methoxy groups -OCH3 is 1. The summed E-state index contributed by atoms with van der Waals surface area (Å²) in [7, 11) is 1.61. The van der Waals surface area contributed by atoms with Gasteiger partial charge < -0.3 is 4.74 Å². The maximum atomic E-state index is 11.9. The van der Waals surface area contributed by atoms with Crippen LogP contribution in [0.25, 0.3) is 0 Å². The molecular formula is C14H17BrN2O3. The molecule has 108 valence electrons. The number of piperazine rings is 1. The lowest BCUT2D eigenvalue weighted by Gasteiger charge is -2.40. The van der Waals surface area contributed by atoms with Crippen molar-refractivity contribution in [2.45, 2.75) is 25.9 Å². The smallest absolute Gasteiger partial charge is 0.246 e. The van der Waals surface area contributed by atoms with Crippen LogP contribution in [-0.2, 0) is 16.1 Å². The van der Waals surface area contributed by atoms with Crippen LogP contribution in [-0.4, -0.2) is 35.9 Å². The van der Waals surface area contributed by atoms with Crippen LogP contribution in [0.5, 0.6) is 5.75 Å². The summed E-state index contributed by atoms with van der Waals surface area (Å²) in [5.41, 5.74) is 0.246.